The first-order valence-corrected chi connectivity index (χ1v) is 12.3. The zero-order valence-electron chi connectivity index (χ0n) is 21.0. The van der Waals surface area contributed by atoms with Crippen molar-refractivity contribution in [2.45, 2.75) is 33.0 Å². The van der Waals surface area contributed by atoms with Gasteiger partial charge in [-0.25, -0.2) is 9.18 Å². The van der Waals surface area contributed by atoms with Crippen LogP contribution >= 0.6 is 0 Å². The van der Waals surface area contributed by atoms with Gasteiger partial charge in [-0.2, -0.15) is 0 Å². The molecule has 1 N–H and O–H groups in total. The Kier molecular flexibility index (Phi) is 8.17. The summed E-state index contributed by atoms with van der Waals surface area (Å²) < 4.78 is 19.7. The van der Waals surface area contributed by atoms with Crippen LogP contribution in [0.15, 0.2) is 48.5 Å². The normalized spacial score (nSPS) is 18.8. The summed E-state index contributed by atoms with van der Waals surface area (Å²) >= 11 is 0. The Hall–Kier alpha value is -3.79. The summed E-state index contributed by atoms with van der Waals surface area (Å²) in [5.74, 6) is -1.13. The molecule has 4 rings (SSSR count). The molecule has 0 saturated carbocycles. The van der Waals surface area contributed by atoms with Gasteiger partial charge in [-0.15, -0.1) is 0 Å². The third-order valence-corrected chi connectivity index (χ3v) is 6.25. The first-order chi connectivity index (χ1) is 17.7. The molecule has 5 amide bonds. The molecule has 2 aliphatic heterocycles. The number of ether oxygens (including phenoxy) is 1. The highest BCUT2D eigenvalue weighted by molar-refractivity contribution is 6.10. The van der Waals surface area contributed by atoms with Crippen molar-refractivity contribution in [3.05, 3.63) is 65.5 Å². The van der Waals surface area contributed by atoms with Crippen LogP contribution in [0.5, 0.6) is 0 Å². The topological polar surface area (TPSA) is 99.3 Å². The van der Waals surface area contributed by atoms with Crippen molar-refractivity contribution in [3.63, 3.8) is 0 Å². The number of nitrogens with zero attached hydrogens (tertiary/aromatic N) is 3. The van der Waals surface area contributed by atoms with E-state index < -0.39 is 18.0 Å². The second-order valence-corrected chi connectivity index (χ2v) is 9.71. The first kappa shape index (κ1) is 26.3. The van der Waals surface area contributed by atoms with Crippen molar-refractivity contribution in [1.82, 2.24) is 15.1 Å². The van der Waals surface area contributed by atoms with Gasteiger partial charge in [0.15, 0.2) is 0 Å². The van der Waals surface area contributed by atoms with Crippen LogP contribution in [-0.4, -0.2) is 72.4 Å². The van der Waals surface area contributed by atoms with E-state index in [0.29, 0.717) is 24.3 Å². The Morgan fingerprint density at radius 3 is 2.62 bits per heavy atom. The van der Waals surface area contributed by atoms with E-state index in [4.69, 9.17) is 4.74 Å². The molecular formula is C27H31FN4O5. The largest absolute Gasteiger partial charge is 0.370 e. The Bertz CT molecular complexity index is 1190. The molecule has 10 heteroatoms. The Morgan fingerprint density at radius 1 is 1.11 bits per heavy atom. The number of nitrogens with one attached hydrogen (secondary N) is 1. The lowest BCUT2D eigenvalue weighted by molar-refractivity contribution is -0.132. The molecule has 0 unspecified atom stereocenters. The third kappa shape index (κ3) is 6.51. The number of hydrogen-bond acceptors (Lipinski definition) is 5. The van der Waals surface area contributed by atoms with Crippen molar-refractivity contribution >= 4 is 29.4 Å². The van der Waals surface area contributed by atoms with Crippen molar-refractivity contribution in [1.29, 1.82) is 0 Å². The zero-order chi connectivity index (χ0) is 26.5. The minimum atomic E-state index is -0.595. The Balaban J connectivity index is 1.58. The number of benzene rings is 2. The molecule has 9 nitrogen and oxygen atoms in total. The quantitative estimate of drug-likeness (QED) is 0.618. The molecule has 2 saturated heterocycles. The number of hydrogen-bond donors (Lipinski definition) is 1. The molecule has 2 aromatic rings. The van der Waals surface area contributed by atoms with Gasteiger partial charge in [-0.3, -0.25) is 24.6 Å². The SMILES string of the molecule is CC(C)CN1C[C@H](OCc2cccc(F)c2)CN(C(=O)c2ccccc2N2CCC(=O)NC2=O)CC1=O. The van der Waals surface area contributed by atoms with E-state index in [-0.39, 0.29) is 61.8 Å². The zero-order valence-corrected chi connectivity index (χ0v) is 21.0. The molecule has 2 fully saturated rings. The van der Waals surface area contributed by atoms with E-state index in [1.807, 2.05) is 13.8 Å². The maximum Gasteiger partial charge on any atom is 0.328 e. The lowest BCUT2D eigenvalue weighted by Crippen LogP contribution is -2.50. The van der Waals surface area contributed by atoms with Crippen LogP contribution in [-0.2, 0) is 20.9 Å². The number of anilines is 1. The van der Waals surface area contributed by atoms with Gasteiger partial charge in [0.1, 0.15) is 12.4 Å². The van der Waals surface area contributed by atoms with Crippen LogP contribution in [0.1, 0.15) is 36.2 Å². The van der Waals surface area contributed by atoms with E-state index >= 15 is 0 Å². The first-order valence-electron chi connectivity index (χ1n) is 12.3. The van der Waals surface area contributed by atoms with Crippen molar-refractivity contribution in [2.24, 2.45) is 5.92 Å². The van der Waals surface area contributed by atoms with Crippen molar-refractivity contribution in [3.8, 4) is 0 Å². The van der Waals surface area contributed by atoms with Gasteiger partial charge in [-0.05, 0) is 35.7 Å². The Labute approximate surface area is 215 Å². The van der Waals surface area contributed by atoms with Crippen molar-refractivity contribution < 1.29 is 28.3 Å². The Morgan fingerprint density at radius 2 is 1.89 bits per heavy atom. The molecule has 0 radical (unpaired) electrons. The molecule has 1 atom stereocenters. The van der Waals surface area contributed by atoms with Gasteiger partial charge in [0.25, 0.3) is 5.91 Å². The van der Waals surface area contributed by atoms with E-state index in [1.54, 1.807) is 41.3 Å². The van der Waals surface area contributed by atoms with E-state index in [1.165, 1.54) is 21.9 Å². The van der Waals surface area contributed by atoms with Crippen LogP contribution in [0.25, 0.3) is 0 Å². The lowest BCUT2D eigenvalue weighted by Gasteiger charge is -2.30. The minimum Gasteiger partial charge on any atom is -0.370 e. The highest BCUT2D eigenvalue weighted by atomic mass is 19.1. The lowest BCUT2D eigenvalue weighted by atomic mass is 10.1. The average Bonchev–Trinajstić information content (AvgIpc) is 3.00. The molecule has 2 heterocycles. The number of carbonyl (C=O) groups excluding carboxylic acids is 4. The monoisotopic (exact) mass is 510 g/mol. The number of urea groups is 1. The predicted octanol–water partition coefficient (Wildman–Crippen LogP) is 2.80. The molecule has 0 aromatic heterocycles. The third-order valence-electron chi connectivity index (χ3n) is 6.25. The van der Waals surface area contributed by atoms with Gasteiger partial charge >= 0.3 is 6.03 Å². The fraction of sp³-hybridized carbons (Fsp3) is 0.407. The summed E-state index contributed by atoms with van der Waals surface area (Å²) in [6.45, 7) is 5.12. The average molecular weight is 511 g/mol. The molecule has 0 bridgehead atoms. The standard InChI is InChI=1S/C27H31FN4O5/c1-18(2)13-30-14-21(37-17-19-6-5-7-20(28)12-19)15-31(16-25(30)34)26(35)22-8-3-4-9-23(22)32-11-10-24(33)29-27(32)36/h3-9,12,18,21H,10-11,13-17H2,1-2H3,(H,29,33,36)/t21-/m0/s1. The fourth-order valence-corrected chi connectivity index (χ4v) is 4.55. The highest BCUT2D eigenvalue weighted by Gasteiger charge is 2.34. The number of imide groups is 1. The van der Waals surface area contributed by atoms with Crippen molar-refractivity contribution in [2.75, 3.05) is 37.6 Å². The summed E-state index contributed by atoms with van der Waals surface area (Å²) in [6.07, 6.45) is -0.378. The molecule has 0 aliphatic carbocycles. The summed E-state index contributed by atoms with van der Waals surface area (Å²) in [6, 6.07) is 12.2. The van der Waals surface area contributed by atoms with Gasteiger partial charge in [-0.1, -0.05) is 38.1 Å². The summed E-state index contributed by atoms with van der Waals surface area (Å²) in [5, 5.41) is 2.27. The summed E-state index contributed by atoms with van der Waals surface area (Å²) in [7, 11) is 0. The van der Waals surface area contributed by atoms with Gasteiger partial charge in [0.2, 0.25) is 11.8 Å². The van der Waals surface area contributed by atoms with Crippen LogP contribution in [0.2, 0.25) is 0 Å². The highest BCUT2D eigenvalue weighted by Crippen LogP contribution is 2.25. The molecule has 2 aromatic carbocycles. The van der Waals surface area contributed by atoms with E-state index in [0.717, 1.165) is 0 Å². The number of para-hydroxylation sites is 1. The van der Waals surface area contributed by atoms with Crippen LogP contribution in [0.4, 0.5) is 14.9 Å². The van der Waals surface area contributed by atoms with Gasteiger partial charge < -0.3 is 14.5 Å². The molecule has 196 valence electrons. The molecule has 0 spiro atoms. The maximum absolute atomic E-state index is 13.8. The second-order valence-electron chi connectivity index (χ2n) is 9.71. The van der Waals surface area contributed by atoms with Gasteiger partial charge in [0, 0.05) is 32.6 Å². The van der Waals surface area contributed by atoms with E-state index in [2.05, 4.69) is 5.32 Å². The second kappa shape index (κ2) is 11.5. The summed E-state index contributed by atoms with van der Waals surface area (Å²) in [5.41, 5.74) is 1.27. The number of halogens is 1. The number of carbonyl (C=O) groups is 4. The summed E-state index contributed by atoms with van der Waals surface area (Å²) in [4.78, 5) is 55.5. The molecule has 37 heavy (non-hydrogen) atoms. The van der Waals surface area contributed by atoms with Crippen LogP contribution < -0.4 is 10.2 Å². The number of rotatable bonds is 7. The van der Waals surface area contributed by atoms with Crippen LogP contribution in [0.3, 0.4) is 0 Å². The fourth-order valence-electron chi connectivity index (χ4n) is 4.55. The maximum atomic E-state index is 13.8. The minimum absolute atomic E-state index is 0.122. The van der Waals surface area contributed by atoms with E-state index in [9.17, 15) is 23.6 Å². The molecule has 2 aliphatic rings. The number of amides is 5. The van der Waals surface area contributed by atoms with Crippen LogP contribution in [0, 0.1) is 11.7 Å². The molecular weight excluding hydrogens is 479 g/mol. The smallest absolute Gasteiger partial charge is 0.328 e. The predicted molar refractivity (Wildman–Crippen MR) is 134 cm³/mol. The van der Waals surface area contributed by atoms with Gasteiger partial charge in [0.05, 0.1) is 24.0 Å².